The Morgan fingerprint density at radius 2 is 2.00 bits per heavy atom. The van der Waals surface area contributed by atoms with E-state index in [0.717, 1.165) is 10.2 Å². The maximum Gasteiger partial charge on any atom is 0.275 e. The molecule has 0 unspecified atom stereocenters. The zero-order valence-corrected chi connectivity index (χ0v) is 9.78. The smallest absolute Gasteiger partial charge is 0.275 e. The number of hydrogen-bond acceptors (Lipinski definition) is 4. The Balaban J connectivity index is 2.24. The first-order chi connectivity index (χ1) is 7.65. The van der Waals surface area contributed by atoms with E-state index in [4.69, 9.17) is 5.73 Å². The molecule has 0 atom stereocenters. The summed E-state index contributed by atoms with van der Waals surface area (Å²) in [6, 6.07) is 7.50. The van der Waals surface area contributed by atoms with Crippen molar-refractivity contribution in [2.24, 2.45) is 0 Å². The second-order valence-electron chi connectivity index (χ2n) is 3.15. The molecule has 0 saturated heterocycles. The molecule has 82 valence electrons. The number of H-pyrrole nitrogens is 1. The molecular formula is C10H9BrN4O. The van der Waals surface area contributed by atoms with Gasteiger partial charge in [0.1, 0.15) is 5.69 Å². The molecule has 16 heavy (non-hydrogen) atoms. The molecule has 2 rings (SSSR count). The van der Waals surface area contributed by atoms with Gasteiger partial charge in [0.15, 0.2) is 0 Å². The van der Waals surface area contributed by atoms with E-state index >= 15 is 0 Å². The normalized spacial score (nSPS) is 10.1. The Hall–Kier alpha value is -1.82. The largest absolute Gasteiger partial charge is 0.393 e. The van der Waals surface area contributed by atoms with E-state index in [0.29, 0.717) is 5.95 Å². The third-order valence-electron chi connectivity index (χ3n) is 1.93. The summed E-state index contributed by atoms with van der Waals surface area (Å²) >= 11 is 3.33. The van der Waals surface area contributed by atoms with Crippen LogP contribution in [-0.2, 0) is 0 Å². The van der Waals surface area contributed by atoms with Gasteiger partial charge < -0.3 is 11.1 Å². The van der Waals surface area contributed by atoms with E-state index in [1.165, 1.54) is 6.20 Å². The number of anilines is 3. The molecule has 1 heterocycles. The number of nitrogen functional groups attached to an aromatic ring is 1. The third-order valence-corrected chi connectivity index (χ3v) is 2.46. The van der Waals surface area contributed by atoms with Crippen LogP contribution in [0.2, 0.25) is 0 Å². The van der Waals surface area contributed by atoms with Crippen LogP contribution in [0.5, 0.6) is 0 Å². The third kappa shape index (κ3) is 2.40. The number of nitrogens with one attached hydrogen (secondary N) is 2. The average molecular weight is 281 g/mol. The van der Waals surface area contributed by atoms with Crippen molar-refractivity contribution in [3.05, 3.63) is 45.3 Å². The van der Waals surface area contributed by atoms with Gasteiger partial charge in [-0.1, -0.05) is 15.9 Å². The summed E-state index contributed by atoms with van der Waals surface area (Å²) in [6.07, 6.45) is 1.32. The Kier molecular flexibility index (Phi) is 2.91. The van der Waals surface area contributed by atoms with Crippen LogP contribution in [0, 0.1) is 0 Å². The van der Waals surface area contributed by atoms with E-state index in [-0.39, 0.29) is 11.2 Å². The molecule has 0 aliphatic rings. The number of hydrogen-bond donors (Lipinski definition) is 3. The minimum absolute atomic E-state index is 0.0985. The fraction of sp³-hybridized carbons (Fsp3) is 0. The zero-order chi connectivity index (χ0) is 11.5. The molecule has 6 heteroatoms. The number of aromatic nitrogens is 2. The molecule has 1 aromatic heterocycles. The summed E-state index contributed by atoms with van der Waals surface area (Å²) in [4.78, 5) is 17.7. The highest BCUT2D eigenvalue weighted by Gasteiger charge is 1.99. The van der Waals surface area contributed by atoms with E-state index in [1.807, 2.05) is 24.3 Å². The van der Waals surface area contributed by atoms with Crippen LogP contribution in [0.4, 0.5) is 17.3 Å². The predicted octanol–water partition coefficient (Wildman–Crippen LogP) is 1.86. The van der Waals surface area contributed by atoms with Crippen LogP contribution in [0.1, 0.15) is 0 Å². The van der Waals surface area contributed by atoms with Gasteiger partial charge in [-0.2, -0.15) is 0 Å². The maximum atomic E-state index is 11.2. The molecule has 0 bridgehead atoms. The van der Waals surface area contributed by atoms with E-state index < -0.39 is 0 Å². The van der Waals surface area contributed by atoms with Crippen LogP contribution in [0.15, 0.2) is 39.7 Å². The molecule has 0 aliphatic carbocycles. The summed E-state index contributed by atoms with van der Waals surface area (Å²) in [6.45, 7) is 0. The van der Waals surface area contributed by atoms with E-state index in [9.17, 15) is 4.79 Å². The van der Waals surface area contributed by atoms with Gasteiger partial charge >= 0.3 is 0 Å². The Bertz CT molecular complexity index is 549. The van der Waals surface area contributed by atoms with Crippen LogP contribution in [0.3, 0.4) is 0 Å². The fourth-order valence-electron chi connectivity index (χ4n) is 1.14. The monoisotopic (exact) mass is 280 g/mol. The lowest BCUT2D eigenvalue weighted by Gasteiger charge is -2.04. The van der Waals surface area contributed by atoms with Crippen molar-refractivity contribution in [1.82, 2.24) is 9.97 Å². The second kappa shape index (κ2) is 4.36. The quantitative estimate of drug-likeness (QED) is 0.784. The minimum Gasteiger partial charge on any atom is -0.393 e. The molecule has 0 fully saturated rings. The van der Waals surface area contributed by atoms with Gasteiger partial charge in [0.25, 0.3) is 5.56 Å². The summed E-state index contributed by atoms with van der Waals surface area (Å²) in [5.74, 6) is 0.363. The van der Waals surface area contributed by atoms with Crippen LogP contribution in [-0.4, -0.2) is 9.97 Å². The number of aromatic amines is 1. The van der Waals surface area contributed by atoms with Gasteiger partial charge in [0, 0.05) is 10.2 Å². The lowest BCUT2D eigenvalue weighted by atomic mass is 10.3. The molecular weight excluding hydrogens is 272 g/mol. The highest BCUT2D eigenvalue weighted by atomic mass is 79.9. The molecule has 1 aromatic carbocycles. The Labute approximate surface area is 99.8 Å². The van der Waals surface area contributed by atoms with Gasteiger partial charge in [0.2, 0.25) is 5.95 Å². The van der Waals surface area contributed by atoms with Crippen molar-refractivity contribution in [2.45, 2.75) is 0 Å². The standard InChI is InChI=1S/C10H9BrN4O/c11-6-1-3-7(4-2-6)14-10-13-5-8(12)9(16)15-10/h1-5H,12H2,(H2,13,14,15,16). The summed E-state index contributed by atoms with van der Waals surface area (Å²) < 4.78 is 0.983. The van der Waals surface area contributed by atoms with Gasteiger partial charge in [-0.25, -0.2) is 4.98 Å². The highest BCUT2D eigenvalue weighted by Crippen LogP contribution is 2.16. The van der Waals surface area contributed by atoms with Gasteiger partial charge in [-0.05, 0) is 24.3 Å². The second-order valence-corrected chi connectivity index (χ2v) is 4.06. The van der Waals surface area contributed by atoms with Crippen LogP contribution < -0.4 is 16.6 Å². The summed E-state index contributed by atoms with van der Waals surface area (Å²) in [5.41, 5.74) is 5.94. The highest BCUT2D eigenvalue weighted by molar-refractivity contribution is 9.10. The van der Waals surface area contributed by atoms with Crippen molar-refractivity contribution in [3.8, 4) is 0 Å². The zero-order valence-electron chi connectivity index (χ0n) is 8.20. The first-order valence-electron chi connectivity index (χ1n) is 4.52. The number of nitrogens with two attached hydrogens (primary N) is 1. The molecule has 4 N–H and O–H groups in total. The molecule has 0 amide bonds. The molecule has 0 saturated carbocycles. The predicted molar refractivity (Wildman–Crippen MR) is 66.7 cm³/mol. The van der Waals surface area contributed by atoms with Gasteiger partial charge in [-0.15, -0.1) is 0 Å². The van der Waals surface area contributed by atoms with Crippen molar-refractivity contribution in [1.29, 1.82) is 0 Å². The van der Waals surface area contributed by atoms with Gasteiger partial charge in [0.05, 0.1) is 6.20 Å². The van der Waals surface area contributed by atoms with E-state index in [1.54, 1.807) is 0 Å². The van der Waals surface area contributed by atoms with Crippen LogP contribution in [0.25, 0.3) is 0 Å². The minimum atomic E-state index is -0.352. The topological polar surface area (TPSA) is 83.8 Å². The number of nitrogens with zero attached hydrogens (tertiary/aromatic N) is 1. The molecule has 2 aromatic rings. The number of halogens is 1. The van der Waals surface area contributed by atoms with Crippen LogP contribution >= 0.6 is 15.9 Å². The van der Waals surface area contributed by atoms with Crippen molar-refractivity contribution in [3.63, 3.8) is 0 Å². The van der Waals surface area contributed by atoms with Gasteiger partial charge in [-0.3, -0.25) is 9.78 Å². The Morgan fingerprint density at radius 3 is 2.62 bits per heavy atom. The lowest BCUT2D eigenvalue weighted by Crippen LogP contribution is -2.14. The van der Waals surface area contributed by atoms with Crippen molar-refractivity contribution < 1.29 is 0 Å². The summed E-state index contributed by atoms with van der Waals surface area (Å²) in [5, 5.41) is 2.96. The summed E-state index contributed by atoms with van der Waals surface area (Å²) in [7, 11) is 0. The fourth-order valence-corrected chi connectivity index (χ4v) is 1.40. The molecule has 0 spiro atoms. The molecule has 5 nitrogen and oxygen atoms in total. The lowest BCUT2D eigenvalue weighted by molar-refractivity contribution is 1.13. The first-order valence-corrected chi connectivity index (χ1v) is 5.32. The van der Waals surface area contributed by atoms with E-state index in [2.05, 4.69) is 31.2 Å². The molecule has 0 aliphatic heterocycles. The van der Waals surface area contributed by atoms with Crippen molar-refractivity contribution >= 4 is 33.3 Å². The first kappa shape index (κ1) is 10.7. The maximum absolute atomic E-state index is 11.2. The SMILES string of the molecule is Nc1cnc(Nc2ccc(Br)cc2)[nH]c1=O. The van der Waals surface area contributed by atoms with Crippen molar-refractivity contribution in [2.75, 3.05) is 11.1 Å². The average Bonchev–Trinajstić information content (AvgIpc) is 2.27. The number of benzene rings is 1. The number of rotatable bonds is 2. The Morgan fingerprint density at radius 1 is 1.31 bits per heavy atom. The molecule has 0 radical (unpaired) electrons.